The van der Waals surface area contributed by atoms with Crippen LogP contribution in [0.1, 0.15) is 119 Å². The minimum Gasteiger partial charge on any atom is -0.481 e. The van der Waals surface area contributed by atoms with Gasteiger partial charge in [0.25, 0.3) is 15.9 Å². The summed E-state index contributed by atoms with van der Waals surface area (Å²) in [5, 5.41) is 19.9. The van der Waals surface area contributed by atoms with Gasteiger partial charge < -0.3 is 39.2 Å². The van der Waals surface area contributed by atoms with E-state index in [-0.39, 0.29) is 93.5 Å². The number of rotatable bonds is 39. The van der Waals surface area contributed by atoms with Crippen molar-refractivity contribution in [1.82, 2.24) is 10.3 Å². The lowest BCUT2D eigenvalue weighted by atomic mass is 10.0. The number of aliphatic carboxylic acids is 2. The molecule has 1 aromatic heterocycles. The average molecular weight is 932 g/mol. The van der Waals surface area contributed by atoms with E-state index in [1.54, 1.807) is 6.07 Å². The van der Waals surface area contributed by atoms with Gasteiger partial charge in [0.15, 0.2) is 5.78 Å². The zero-order valence-corrected chi connectivity index (χ0v) is 38.1. The number of hydrogen-bond donors (Lipinski definition) is 4. The number of carboxylic acids is 2. The summed E-state index contributed by atoms with van der Waals surface area (Å²) < 4.78 is 70.0. The van der Waals surface area contributed by atoms with Crippen molar-refractivity contribution < 1.29 is 65.9 Å². The van der Waals surface area contributed by atoms with Gasteiger partial charge in [-0.15, -0.1) is 0 Å². The molecular formula is C47H66FN3O13S. The Bertz CT molecular complexity index is 1950. The standard InChI is InChI=1S/C47H66FN3O13S/c48-43-24-21-41(33-37(43)15-12-10-8-6-4-2-1-3-5-7-9-11-13-17-45(53)54)64-40-19-22-42(23-20-40)65(58,59)51-44-25-18-38(34-50-44)47(57)49-26-28-61-30-31-62-35-39(52)16-14-27-60-29-32-63-36-46(55)56/h18-25,33-34H,1-17,26-32,35-36H2,(H,49,57)(H,50,51)(H,53,54)(H,55,56). The number of aryl methyl sites for hydroxylation is 1. The number of nitrogens with one attached hydrogen (secondary N) is 2. The highest BCUT2D eigenvalue weighted by Gasteiger charge is 2.16. The van der Waals surface area contributed by atoms with Gasteiger partial charge in [0.05, 0.1) is 43.5 Å². The van der Waals surface area contributed by atoms with Crippen LogP contribution in [0.3, 0.4) is 0 Å². The van der Waals surface area contributed by atoms with Gasteiger partial charge in [0.2, 0.25) is 0 Å². The minimum atomic E-state index is -4.02. The molecule has 1 heterocycles. The Kier molecular flexibility index (Phi) is 27.3. The van der Waals surface area contributed by atoms with Crippen LogP contribution in [0.25, 0.3) is 0 Å². The molecule has 0 radical (unpaired) electrons. The second kappa shape index (κ2) is 32.6. The Balaban J connectivity index is 1.25. The maximum atomic E-state index is 14.6. The molecule has 0 aliphatic carbocycles. The number of nitrogens with zero attached hydrogens (tertiary/aromatic N) is 1. The molecule has 1 amide bonds. The Morgan fingerprint density at radius 2 is 1.18 bits per heavy atom. The summed E-state index contributed by atoms with van der Waals surface area (Å²) in [6.45, 7) is 1.12. The normalized spacial score (nSPS) is 11.3. The molecule has 0 bridgehead atoms. The quantitative estimate of drug-likeness (QED) is 0.0397. The molecule has 4 N–H and O–H groups in total. The van der Waals surface area contributed by atoms with Crippen LogP contribution in [0.2, 0.25) is 0 Å². The molecule has 360 valence electrons. The van der Waals surface area contributed by atoms with Gasteiger partial charge in [0.1, 0.15) is 36.3 Å². The van der Waals surface area contributed by atoms with Crippen LogP contribution in [0.5, 0.6) is 11.5 Å². The number of benzene rings is 2. The van der Waals surface area contributed by atoms with Gasteiger partial charge in [-0.1, -0.05) is 70.6 Å². The number of amides is 1. The molecule has 0 atom stereocenters. The Morgan fingerprint density at radius 1 is 0.600 bits per heavy atom. The monoisotopic (exact) mass is 931 g/mol. The number of anilines is 1. The molecule has 0 aliphatic heterocycles. The minimum absolute atomic E-state index is 0.0157. The third kappa shape index (κ3) is 25.3. The van der Waals surface area contributed by atoms with E-state index in [0.29, 0.717) is 36.5 Å². The fraction of sp³-hybridized carbons (Fsp3) is 0.553. The van der Waals surface area contributed by atoms with Crippen LogP contribution in [0.15, 0.2) is 65.7 Å². The van der Waals surface area contributed by atoms with Crippen molar-refractivity contribution in [2.45, 2.75) is 114 Å². The molecule has 0 saturated carbocycles. The highest BCUT2D eigenvalue weighted by Crippen LogP contribution is 2.27. The zero-order valence-electron chi connectivity index (χ0n) is 37.3. The van der Waals surface area contributed by atoms with Gasteiger partial charge in [-0.2, -0.15) is 0 Å². The van der Waals surface area contributed by atoms with Crippen LogP contribution in [-0.4, -0.2) is 107 Å². The summed E-state index contributed by atoms with van der Waals surface area (Å²) >= 11 is 0. The molecule has 0 aliphatic rings. The Morgan fingerprint density at radius 3 is 1.80 bits per heavy atom. The fourth-order valence-electron chi connectivity index (χ4n) is 6.52. The van der Waals surface area contributed by atoms with E-state index in [4.69, 9.17) is 33.9 Å². The molecule has 16 nitrogen and oxygen atoms in total. The van der Waals surface area contributed by atoms with Crippen molar-refractivity contribution in [3.63, 3.8) is 0 Å². The number of ketones is 1. The first-order chi connectivity index (χ1) is 31.4. The Hall–Kier alpha value is -5.01. The number of halogens is 1. The topological polar surface area (TPSA) is 226 Å². The van der Waals surface area contributed by atoms with Gasteiger partial charge in [-0.3, -0.25) is 19.1 Å². The van der Waals surface area contributed by atoms with Crippen molar-refractivity contribution in [2.75, 3.05) is 64.1 Å². The first-order valence-corrected chi connectivity index (χ1v) is 24.0. The highest BCUT2D eigenvalue weighted by molar-refractivity contribution is 7.92. The maximum absolute atomic E-state index is 14.6. The largest absolute Gasteiger partial charge is 0.481 e. The van der Waals surface area contributed by atoms with E-state index in [1.165, 1.54) is 93.3 Å². The predicted molar refractivity (Wildman–Crippen MR) is 241 cm³/mol. The fourth-order valence-corrected chi connectivity index (χ4v) is 7.53. The van der Waals surface area contributed by atoms with Crippen molar-refractivity contribution in [2.24, 2.45) is 0 Å². The lowest BCUT2D eigenvalue weighted by Gasteiger charge is -2.11. The number of carbonyl (C=O) groups is 4. The number of carboxylic acid groups (broad SMARTS) is 2. The molecule has 0 fully saturated rings. The second-order valence-corrected chi connectivity index (χ2v) is 17.2. The summed E-state index contributed by atoms with van der Waals surface area (Å²) in [5.41, 5.74) is 0.785. The van der Waals surface area contributed by atoms with Gasteiger partial charge >= 0.3 is 11.9 Å². The predicted octanol–water partition coefficient (Wildman–Crippen LogP) is 8.13. The number of aromatic nitrogens is 1. The lowest BCUT2D eigenvalue weighted by Crippen LogP contribution is -2.28. The molecule has 2 aromatic carbocycles. The molecule has 3 aromatic rings. The van der Waals surface area contributed by atoms with E-state index in [2.05, 4.69) is 15.0 Å². The first-order valence-electron chi connectivity index (χ1n) is 22.5. The van der Waals surface area contributed by atoms with E-state index < -0.39 is 27.9 Å². The molecule has 65 heavy (non-hydrogen) atoms. The second-order valence-electron chi connectivity index (χ2n) is 15.5. The van der Waals surface area contributed by atoms with Crippen molar-refractivity contribution in [3.05, 3.63) is 77.7 Å². The number of hydrogen-bond acceptors (Lipinski definition) is 12. The number of ether oxygens (including phenoxy) is 5. The smallest absolute Gasteiger partial charge is 0.329 e. The molecule has 0 unspecified atom stereocenters. The van der Waals surface area contributed by atoms with Crippen molar-refractivity contribution in [3.8, 4) is 11.5 Å². The third-order valence-electron chi connectivity index (χ3n) is 10.00. The number of unbranched alkanes of at least 4 members (excludes halogenated alkanes) is 12. The van der Waals surface area contributed by atoms with E-state index >= 15 is 0 Å². The molecule has 3 rings (SSSR count). The van der Waals surface area contributed by atoms with E-state index in [9.17, 15) is 32.0 Å². The number of pyridine rings is 1. The molecular weight excluding hydrogens is 866 g/mol. The number of Topliss-reactive ketones (excluding diaryl/α,β-unsaturated/α-hetero) is 1. The Labute approximate surface area is 382 Å². The van der Waals surface area contributed by atoms with Crippen molar-refractivity contribution in [1.29, 1.82) is 0 Å². The van der Waals surface area contributed by atoms with E-state index in [1.807, 2.05) is 0 Å². The summed E-state index contributed by atoms with van der Waals surface area (Å²) in [4.78, 5) is 49.4. The lowest BCUT2D eigenvalue weighted by molar-refractivity contribution is -0.143. The van der Waals surface area contributed by atoms with Gasteiger partial charge in [-0.25, -0.2) is 22.6 Å². The molecule has 18 heteroatoms. The van der Waals surface area contributed by atoms with E-state index in [0.717, 1.165) is 44.9 Å². The highest BCUT2D eigenvalue weighted by atomic mass is 32.2. The van der Waals surface area contributed by atoms with Crippen molar-refractivity contribution >= 4 is 39.5 Å². The summed E-state index contributed by atoms with van der Waals surface area (Å²) in [7, 11) is -4.02. The van der Waals surface area contributed by atoms with Crippen LogP contribution < -0.4 is 14.8 Å². The van der Waals surface area contributed by atoms with Gasteiger partial charge in [-0.05, 0) is 85.8 Å². The number of sulfonamides is 1. The zero-order chi connectivity index (χ0) is 47.0. The first kappa shape index (κ1) is 54.3. The van der Waals surface area contributed by atoms with Gasteiger partial charge in [0, 0.05) is 32.2 Å². The average Bonchev–Trinajstić information content (AvgIpc) is 3.27. The van der Waals surface area contributed by atoms with Crippen LogP contribution in [0.4, 0.5) is 10.2 Å². The summed E-state index contributed by atoms with van der Waals surface area (Å²) in [6.07, 6.45) is 17.2. The third-order valence-corrected chi connectivity index (χ3v) is 11.4. The van der Waals surface area contributed by atoms with Crippen LogP contribution in [-0.2, 0) is 49.8 Å². The summed E-state index contributed by atoms with van der Waals surface area (Å²) in [6, 6.07) is 13.2. The SMILES string of the molecule is O=C(O)CCCCCCCCCCCCCCCc1cc(Oc2ccc(S(=O)(=O)Nc3ccc(C(=O)NCCOCCOCC(=O)CCCOCCOCC(=O)O)cn3)cc2)ccc1F. The molecule has 0 spiro atoms. The number of carbonyl (C=O) groups excluding carboxylic acids is 2. The summed E-state index contributed by atoms with van der Waals surface area (Å²) in [5.74, 6) is -1.72. The molecule has 0 saturated heterocycles. The van der Waals surface area contributed by atoms with Crippen LogP contribution in [0, 0.1) is 5.82 Å². The van der Waals surface area contributed by atoms with Crippen LogP contribution >= 0.6 is 0 Å². The maximum Gasteiger partial charge on any atom is 0.329 e.